The summed E-state index contributed by atoms with van der Waals surface area (Å²) in [5, 5.41) is 14.8. The average Bonchev–Trinajstić information content (AvgIpc) is 2.99. The molecule has 7 nitrogen and oxygen atoms in total. The predicted octanol–water partition coefficient (Wildman–Crippen LogP) is 0.0160. The Balaban J connectivity index is 1.99. The molecule has 8 heteroatoms. The van der Waals surface area contributed by atoms with Crippen LogP contribution in [0.15, 0.2) is 34.0 Å². The molecule has 2 aromatic heterocycles. The normalized spacial score (nSPS) is 11.8. The number of aromatic amines is 1. The average molecular weight is 271 g/mol. The fourth-order valence-electron chi connectivity index (χ4n) is 1.48. The highest BCUT2D eigenvalue weighted by molar-refractivity contribution is 7.89. The summed E-state index contributed by atoms with van der Waals surface area (Å²) in [6, 6.07) is 3.51. The Morgan fingerprint density at radius 1 is 1.50 bits per heavy atom. The maximum absolute atomic E-state index is 11.9. The topological polar surface area (TPSA) is 108 Å². The second-order valence-corrected chi connectivity index (χ2v) is 5.31. The molecule has 0 saturated heterocycles. The monoisotopic (exact) mass is 271 g/mol. The lowest BCUT2D eigenvalue weighted by Crippen LogP contribution is -2.27. The molecular weight excluding hydrogens is 258 g/mol. The number of aliphatic hydroxyl groups is 1. The molecule has 3 N–H and O–H groups in total. The summed E-state index contributed by atoms with van der Waals surface area (Å²) in [5.41, 5.74) is 0.237. The Morgan fingerprint density at radius 2 is 2.33 bits per heavy atom. The number of sulfonamides is 1. The van der Waals surface area contributed by atoms with Crippen molar-refractivity contribution in [2.45, 2.75) is 18.1 Å². The maximum Gasteiger partial charge on any atom is 0.257 e. The molecule has 18 heavy (non-hydrogen) atoms. The summed E-state index contributed by atoms with van der Waals surface area (Å²) in [7, 11) is -3.68. The SMILES string of the molecule is O=S(=O)(NCCc1ccco1)c1[nH]ncc1CO. The van der Waals surface area contributed by atoms with Gasteiger partial charge < -0.3 is 9.52 Å². The molecule has 0 radical (unpaired) electrons. The van der Waals surface area contributed by atoms with Gasteiger partial charge in [0.25, 0.3) is 10.0 Å². The van der Waals surface area contributed by atoms with E-state index in [9.17, 15) is 8.42 Å². The van der Waals surface area contributed by atoms with Crippen molar-refractivity contribution in [3.05, 3.63) is 35.9 Å². The standard InChI is InChI=1S/C10H13N3O4S/c14-7-8-6-11-13-10(8)18(15,16)12-4-3-9-2-1-5-17-9/h1-2,5-6,12,14H,3-4,7H2,(H,11,13). The molecule has 0 atom stereocenters. The second kappa shape index (κ2) is 5.34. The van der Waals surface area contributed by atoms with E-state index in [2.05, 4.69) is 14.9 Å². The minimum Gasteiger partial charge on any atom is -0.469 e. The Kier molecular flexibility index (Phi) is 3.80. The van der Waals surface area contributed by atoms with Crippen LogP contribution in [0.3, 0.4) is 0 Å². The lowest BCUT2D eigenvalue weighted by atomic mass is 10.3. The number of nitrogens with zero attached hydrogens (tertiary/aromatic N) is 1. The van der Waals surface area contributed by atoms with E-state index >= 15 is 0 Å². The van der Waals surface area contributed by atoms with Crippen LogP contribution in [0.25, 0.3) is 0 Å². The van der Waals surface area contributed by atoms with Gasteiger partial charge in [-0.15, -0.1) is 0 Å². The lowest BCUT2D eigenvalue weighted by molar-refractivity contribution is 0.278. The molecule has 98 valence electrons. The molecule has 0 unspecified atom stereocenters. The zero-order valence-electron chi connectivity index (χ0n) is 9.46. The van der Waals surface area contributed by atoms with Gasteiger partial charge in [-0.3, -0.25) is 5.10 Å². The second-order valence-electron chi connectivity index (χ2n) is 3.61. The number of rotatable bonds is 6. The van der Waals surface area contributed by atoms with Crippen molar-refractivity contribution in [3.63, 3.8) is 0 Å². The molecule has 0 aliphatic rings. The third-order valence-electron chi connectivity index (χ3n) is 2.36. The molecule has 0 saturated carbocycles. The van der Waals surface area contributed by atoms with Crippen molar-refractivity contribution >= 4 is 10.0 Å². The van der Waals surface area contributed by atoms with Gasteiger partial charge in [-0.05, 0) is 12.1 Å². The van der Waals surface area contributed by atoms with Crippen molar-refractivity contribution in [1.82, 2.24) is 14.9 Å². The van der Waals surface area contributed by atoms with E-state index in [0.29, 0.717) is 12.2 Å². The maximum atomic E-state index is 11.9. The minimum atomic E-state index is -3.68. The van der Waals surface area contributed by atoms with E-state index < -0.39 is 10.0 Å². The van der Waals surface area contributed by atoms with Gasteiger partial charge >= 0.3 is 0 Å². The number of hydrogen-bond donors (Lipinski definition) is 3. The molecule has 0 bridgehead atoms. The number of hydrogen-bond acceptors (Lipinski definition) is 5. The predicted molar refractivity (Wildman–Crippen MR) is 62.1 cm³/mol. The largest absolute Gasteiger partial charge is 0.469 e. The van der Waals surface area contributed by atoms with Gasteiger partial charge in [0.05, 0.1) is 19.1 Å². The van der Waals surface area contributed by atoms with Gasteiger partial charge in [0.1, 0.15) is 5.76 Å². The van der Waals surface area contributed by atoms with Gasteiger partial charge in [0, 0.05) is 18.5 Å². The number of aromatic nitrogens is 2. The van der Waals surface area contributed by atoms with E-state index in [0.717, 1.165) is 0 Å². The molecule has 0 aliphatic heterocycles. The smallest absolute Gasteiger partial charge is 0.257 e. The molecular formula is C10H13N3O4S. The Labute approximate surface area is 104 Å². The molecule has 0 amide bonds. The van der Waals surface area contributed by atoms with Crippen LogP contribution in [-0.2, 0) is 23.1 Å². The van der Waals surface area contributed by atoms with Gasteiger partial charge in [-0.1, -0.05) is 0 Å². The van der Waals surface area contributed by atoms with Gasteiger partial charge in [0.15, 0.2) is 5.03 Å². The Hall–Kier alpha value is -1.64. The van der Waals surface area contributed by atoms with Gasteiger partial charge in [0.2, 0.25) is 0 Å². The molecule has 2 rings (SSSR count). The summed E-state index contributed by atoms with van der Waals surface area (Å²) >= 11 is 0. The van der Waals surface area contributed by atoms with Gasteiger partial charge in [-0.2, -0.15) is 5.10 Å². The molecule has 2 aromatic rings. The molecule has 2 heterocycles. The summed E-state index contributed by atoms with van der Waals surface area (Å²) < 4.78 is 31.2. The first-order chi connectivity index (χ1) is 8.63. The van der Waals surface area contributed by atoms with Gasteiger partial charge in [-0.25, -0.2) is 13.1 Å². The van der Waals surface area contributed by atoms with Crippen LogP contribution in [0.4, 0.5) is 0 Å². The van der Waals surface area contributed by atoms with Crippen LogP contribution in [0.2, 0.25) is 0 Å². The number of furan rings is 1. The summed E-state index contributed by atoms with van der Waals surface area (Å²) in [6.07, 6.45) is 3.26. The van der Waals surface area contributed by atoms with Crippen LogP contribution in [-0.4, -0.2) is 30.3 Å². The van der Waals surface area contributed by atoms with E-state index in [1.807, 2.05) is 0 Å². The highest BCUT2D eigenvalue weighted by Crippen LogP contribution is 2.11. The van der Waals surface area contributed by atoms with Crippen molar-refractivity contribution < 1.29 is 17.9 Å². The first kappa shape index (κ1) is 12.8. The van der Waals surface area contributed by atoms with E-state index in [-0.39, 0.29) is 23.7 Å². The Bertz CT molecular complexity index is 588. The molecule has 0 aromatic carbocycles. The van der Waals surface area contributed by atoms with Crippen LogP contribution in [0, 0.1) is 0 Å². The third kappa shape index (κ3) is 2.78. The molecule has 0 spiro atoms. The molecule has 0 aliphatic carbocycles. The lowest BCUT2D eigenvalue weighted by Gasteiger charge is -2.05. The summed E-state index contributed by atoms with van der Waals surface area (Å²) in [5.74, 6) is 0.699. The number of aliphatic hydroxyl groups excluding tert-OH is 1. The van der Waals surface area contributed by atoms with Crippen molar-refractivity contribution in [1.29, 1.82) is 0 Å². The minimum absolute atomic E-state index is 0.107. The van der Waals surface area contributed by atoms with E-state index in [1.165, 1.54) is 12.5 Å². The quantitative estimate of drug-likeness (QED) is 0.686. The fourth-order valence-corrected chi connectivity index (χ4v) is 2.63. The highest BCUT2D eigenvalue weighted by atomic mass is 32.2. The summed E-state index contributed by atoms with van der Waals surface area (Å²) in [4.78, 5) is 0. The van der Waals surface area contributed by atoms with Crippen LogP contribution in [0.1, 0.15) is 11.3 Å². The van der Waals surface area contributed by atoms with Crippen molar-refractivity contribution in [3.8, 4) is 0 Å². The zero-order valence-corrected chi connectivity index (χ0v) is 10.3. The van der Waals surface area contributed by atoms with E-state index in [4.69, 9.17) is 9.52 Å². The van der Waals surface area contributed by atoms with Crippen LogP contribution >= 0.6 is 0 Å². The molecule has 0 fully saturated rings. The van der Waals surface area contributed by atoms with Crippen molar-refractivity contribution in [2.75, 3.05) is 6.54 Å². The highest BCUT2D eigenvalue weighted by Gasteiger charge is 2.19. The zero-order chi connectivity index (χ0) is 13.0. The van der Waals surface area contributed by atoms with Crippen LogP contribution in [0.5, 0.6) is 0 Å². The van der Waals surface area contributed by atoms with Crippen molar-refractivity contribution in [2.24, 2.45) is 0 Å². The van der Waals surface area contributed by atoms with Crippen LogP contribution < -0.4 is 4.72 Å². The van der Waals surface area contributed by atoms with E-state index in [1.54, 1.807) is 12.1 Å². The first-order valence-corrected chi connectivity index (χ1v) is 6.77. The number of H-pyrrole nitrogens is 1. The Morgan fingerprint density at radius 3 is 3.00 bits per heavy atom. The fraction of sp³-hybridized carbons (Fsp3) is 0.300. The third-order valence-corrected chi connectivity index (χ3v) is 3.84. The number of nitrogens with one attached hydrogen (secondary N) is 2. The summed E-state index contributed by atoms with van der Waals surface area (Å²) in [6.45, 7) is -0.176. The first-order valence-electron chi connectivity index (χ1n) is 5.28.